The Labute approximate surface area is 90.5 Å². The normalized spacial score (nSPS) is 30.3. The zero-order valence-corrected chi connectivity index (χ0v) is 9.63. The van der Waals surface area contributed by atoms with Crippen molar-refractivity contribution in [1.29, 1.82) is 0 Å². The SMILES string of the molecule is C=C1CC[C@@H](CC)[C@@]1(C(C)=O)C(=O)OC. The zero-order valence-electron chi connectivity index (χ0n) is 9.63. The highest BCUT2D eigenvalue weighted by molar-refractivity contribution is 6.06. The third kappa shape index (κ3) is 1.50. The number of hydrogen-bond donors (Lipinski definition) is 0. The molecular formula is C12H18O3. The molecule has 0 unspecified atom stereocenters. The molecule has 1 saturated carbocycles. The van der Waals surface area contributed by atoms with Crippen molar-refractivity contribution in [3.05, 3.63) is 12.2 Å². The van der Waals surface area contributed by atoms with Crippen LogP contribution in [0.5, 0.6) is 0 Å². The Kier molecular flexibility index (Phi) is 3.32. The lowest BCUT2D eigenvalue weighted by atomic mass is 9.71. The molecule has 84 valence electrons. The minimum absolute atomic E-state index is 0.0509. The van der Waals surface area contributed by atoms with Gasteiger partial charge in [0.15, 0.2) is 5.78 Å². The minimum Gasteiger partial charge on any atom is -0.468 e. The van der Waals surface area contributed by atoms with Crippen molar-refractivity contribution in [2.24, 2.45) is 11.3 Å². The molecule has 0 amide bonds. The molecule has 1 fully saturated rings. The van der Waals surface area contributed by atoms with Gasteiger partial charge in [-0.1, -0.05) is 25.5 Å². The Balaban J connectivity index is 3.23. The largest absolute Gasteiger partial charge is 0.468 e. The minimum atomic E-state index is -1.07. The molecule has 0 aromatic heterocycles. The lowest BCUT2D eigenvalue weighted by molar-refractivity contribution is -0.157. The van der Waals surface area contributed by atoms with Crippen molar-refractivity contribution in [3.63, 3.8) is 0 Å². The number of Topliss-reactive ketones (excluding diaryl/α,β-unsaturated/α-hetero) is 1. The molecule has 0 N–H and O–H groups in total. The van der Waals surface area contributed by atoms with Gasteiger partial charge in [0, 0.05) is 0 Å². The van der Waals surface area contributed by atoms with Gasteiger partial charge in [-0.3, -0.25) is 9.59 Å². The molecule has 0 radical (unpaired) electrons. The highest BCUT2D eigenvalue weighted by Gasteiger charge is 2.55. The molecule has 15 heavy (non-hydrogen) atoms. The van der Waals surface area contributed by atoms with E-state index >= 15 is 0 Å². The van der Waals surface area contributed by atoms with Crippen molar-refractivity contribution < 1.29 is 14.3 Å². The first kappa shape index (κ1) is 12.0. The number of esters is 1. The number of ketones is 1. The average Bonchev–Trinajstić information content (AvgIpc) is 2.55. The summed E-state index contributed by atoms with van der Waals surface area (Å²) in [4.78, 5) is 23.6. The topological polar surface area (TPSA) is 43.4 Å². The van der Waals surface area contributed by atoms with Gasteiger partial charge in [-0.15, -0.1) is 0 Å². The van der Waals surface area contributed by atoms with E-state index in [1.54, 1.807) is 0 Å². The lowest BCUT2D eigenvalue weighted by Crippen LogP contribution is -2.43. The molecule has 0 bridgehead atoms. The number of carbonyl (C=O) groups is 2. The molecule has 0 aromatic carbocycles. The summed E-state index contributed by atoms with van der Waals surface area (Å²) in [5.74, 6) is -0.525. The van der Waals surface area contributed by atoms with Crippen molar-refractivity contribution in [3.8, 4) is 0 Å². The van der Waals surface area contributed by atoms with E-state index < -0.39 is 11.4 Å². The van der Waals surface area contributed by atoms with E-state index in [-0.39, 0.29) is 11.7 Å². The fourth-order valence-electron chi connectivity index (χ4n) is 2.71. The number of rotatable bonds is 3. The van der Waals surface area contributed by atoms with E-state index in [9.17, 15) is 9.59 Å². The quantitative estimate of drug-likeness (QED) is 0.407. The maximum atomic E-state index is 11.9. The predicted molar refractivity (Wildman–Crippen MR) is 57.3 cm³/mol. The summed E-state index contributed by atoms with van der Waals surface area (Å²) in [5.41, 5.74) is -0.350. The van der Waals surface area contributed by atoms with Crippen LogP contribution < -0.4 is 0 Å². The molecule has 2 atom stereocenters. The molecule has 0 aliphatic heterocycles. The van der Waals surface area contributed by atoms with Gasteiger partial charge in [0.2, 0.25) is 0 Å². The highest BCUT2D eigenvalue weighted by Crippen LogP contribution is 2.49. The zero-order chi connectivity index (χ0) is 11.6. The third-order valence-electron chi connectivity index (χ3n) is 3.52. The summed E-state index contributed by atoms with van der Waals surface area (Å²) >= 11 is 0. The molecule has 3 heteroatoms. The molecular weight excluding hydrogens is 192 g/mol. The first-order valence-electron chi connectivity index (χ1n) is 5.29. The number of methoxy groups -OCH3 is 1. The van der Waals surface area contributed by atoms with Crippen LogP contribution >= 0.6 is 0 Å². The van der Waals surface area contributed by atoms with Crippen molar-refractivity contribution >= 4 is 11.8 Å². The fourth-order valence-corrected chi connectivity index (χ4v) is 2.71. The predicted octanol–water partition coefficient (Wildman–Crippen LogP) is 2.11. The van der Waals surface area contributed by atoms with Crippen LogP contribution in [0.4, 0.5) is 0 Å². The van der Waals surface area contributed by atoms with Crippen LogP contribution in [-0.2, 0) is 14.3 Å². The molecule has 0 heterocycles. The average molecular weight is 210 g/mol. The maximum absolute atomic E-state index is 11.9. The van der Waals surface area contributed by atoms with Crippen LogP contribution in [0.3, 0.4) is 0 Å². The van der Waals surface area contributed by atoms with Crippen LogP contribution in [0.1, 0.15) is 33.1 Å². The molecule has 1 aliphatic carbocycles. The van der Waals surface area contributed by atoms with Gasteiger partial charge in [-0.25, -0.2) is 0 Å². The Morgan fingerprint density at radius 2 is 2.20 bits per heavy atom. The van der Waals surface area contributed by atoms with Crippen molar-refractivity contribution in [1.82, 2.24) is 0 Å². The summed E-state index contributed by atoms with van der Waals surface area (Å²) in [6.07, 6.45) is 2.39. The van der Waals surface area contributed by atoms with Gasteiger partial charge in [-0.2, -0.15) is 0 Å². The van der Waals surface area contributed by atoms with Crippen LogP contribution in [-0.4, -0.2) is 18.9 Å². The lowest BCUT2D eigenvalue weighted by Gasteiger charge is -2.30. The third-order valence-corrected chi connectivity index (χ3v) is 3.52. The summed E-state index contributed by atoms with van der Waals surface area (Å²) in [7, 11) is 1.32. The highest BCUT2D eigenvalue weighted by atomic mass is 16.5. The van der Waals surface area contributed by atoms with E-state index in [0.717, 1.165) is 19.3 Å². The van der Waals surface area contributed by atoms with Crippen LogP contribution in [0, 0.1) is 11.3 Å². The number of carbonyl (C=O) groups excluding carboxylic acids is 2. The summed E-state index contributed by atoms with van der Waals surface area (Å²) in [6, 6.07) is 0. The van der Waals surface area contributed by atoms with Crippen molar-refractivity contribution in [2.75, 3.05) is 7.11 Å². The number of ether oxygens (including phenoxy) is 1. The van der Waals surface area contributed by atoms with Crippen LogP contribution in [0.2, 0.25) is 0 Å². The van der Waals surface area contributed by atoms with Crippen LogP contribution in [0.15, 0.2) is 12.2 Å². The van der Waals surface area contributed by atoms with Gasteiger partial charge in [0.1, 0.15) is 5.41 Å². The van der Waals surface area contributed by atoms with E-state index in [2.05, 4.69) is 6.58 Å². The molecule has 1 aliphatic rings. The van der Waals surface area contributed by atoms with Gasteiger partial charge in [0.05, 0.1) is 7.11 Å². The summed E-state index contributed by atoms with van der Waals surface area (Å²) in [5, 5.41) is 0. The Morgan fingerprint density at radius 1 is 1.60 bits per heavy atom. The van der Waals surface area contributed by atoms with E-state index in [4.69, 9.17) is 4.74 Å². The second kappa shape index (κ2) is 4.17. The molecule has 1 rings (SSSR count). The van der Waals surface area contributed by atoms with E-state index in [1.807, 2.05) is 6.92 Å². The van der Waals surface area contributed by atoms with Gasteiger partial charge in [-0.05, 0) is 25.7 Å². The summed E-state index contributed by atoms with van der Waals surface area (Å²) < 4.78 is 4.78. The first-order valence-corrected chi connectivity index (χ1v) is 5.29. The second-order valence-electron chi connectivity index (χ2n) is 4.10. The maximum Gasteiger partial charge on any atom is 0.323 e. The first-order chi connectivity index (χ1) is 7.01. The Bertz CT molecular complexity index is 306. The van der Waals surface area contributed by atoms with Crippen molar-refractivity contribution in [2.45, 2.75) is 33.1 Å². The van der Waals surface area contributed by atoms with E-state index in [1.165, 1.54) is 14.0 Å². The second-order valence-corrected chi connectivity index (χ2v) is 4.10. The van der Waals surface area contributed by atoms with E-state index in [0.29, 0.717) is 5.57 Å². The Morgan fingerprint density at radius 3 is 2.60 bits per heavy atom. The molecule has 0 aromatic rings. The number of hydrogen-bond acceptors (Lipinski definition) is 3. The standard InChI is InChI=1S/C12H18O3/c1-5-10-7-6-8(2)12(10,9(3)13)11(14)15-4/h10H,2,5-7H2,1,3-4H3/t10-,12-/m1/s1. The molecule has 0 saturated heterocycles. The Hall–Kier alpha value is -1.12. The van der Waals surface area contributed by atoms with Crippen LogP contribution in [0.25, 0.3) is 0 Å². The van der Waals surface area contributed by atoms with Gasteiger partial charge in [0.25, 0.3) is 0 Å². The monoisotopic (exact) mass is 210 g/mol. The smallest absolute Gasteiger partial charge is 0.323 e. The van der Waals surface area contributed by atoms with Gasteiger partial charge < -0.3 is 4.74 Å². The van der Waals surface area contributed by atoms with Gasteiger partial charge >= 0.3 is 5.97 Å². The molecule has 3 nitrogen and oxygen atoms in total. The summed E-state index contributed by atoms with van der Waals surface area (Å²) in [6.45, 7) is 7.32. The molecule has 0 spiro atoms. The fraction of sp³-hybridized carbons (Fsp3) is 0.667.